The van der Waals surface area contributed by atoms with E-state index in [0.29, 0.717) is 5.25 Å². The summed E-state index contributed by atoms with van der Waals surface area (Å²) in [5.74, 6) is 0.748. The topological polar surface area (TPSA) is 0 Å². The smallest absolute Gasteiger partial charge is 0.000958 e. The normalized spacial score (nSPS) is 10.0. The SMILES string of the molecule is [CH]CSC(C)C. The minimum Gasteiger partial charge on any atom is -0.159 e. The van der Waals surface area contributed by atoms with Crippen molar-refractivity contribution in [2.45, 2.75) is 19.1 Å². The Morgan fingerprint density at radius 2 is 2.17 bits per heavy atom. The molecular weight excluding hydrogens is 92.1 g/mol. The van der Waals surface area contributed by atoms with Crippen LogP contribution in [0.3, 0.4) is 0 Å². The molecule has 0 saturated heterocycles. The molecule has 2 radical (unpaired) electrons. The van der Waals surface area contributed by atoms with E-state index in [1.54, 1.807) is 11.8 Å². The Morgan fingerprint density at radius 3 is 2.17 bits per heavy atom. The lowest BCUT2D eigenvalue weighted by Gasteiger charge is -1.96. The molecule has 0 amide bonds. The molecule has 0 bridgehead atoms. The molecule has 6 heavy (non-hydrogen) atoms. The summed E-state index contributed by atoms with van der Waals surface area (Å²) in [6.45, 7) is 9.47. The van der Waals surface area contributed by atoms with Crippen molar-refractivity contribution >= 4 is 11.8 Å². The van der Waals surface area contributed by atoms with E-state index < -0.39 is 0 Å². The van der Waals surface area contributed by atoms with Crippen molar-refractivity contribution in [3.05, 3.63) is 6.92 Å². The zero-order valence-electron chi connectivity index (χ0n) is 4.27. The van der Waals surface area contributed by atoms with Gasteiger partial charge in [0.1, 0.15) is 0 Å². The van der Waals surface area contributed by atoms with E-state index in [0.717, 1.165) is 5.75 Å². The Labute approximate surface area is 44.3 Å². The second-order valence-electron chi connectivity index (χ2n) is 1.38. The summed E-state index contributed by atoms with van der Waals surface area (Å²) in [7, 11) is 0. The minimum atomic E-state index is 0.690. The third-order valence-corrected chi connectivity index (χ3v) is 1.29. The van der Waals surface area contributed by atoms with Gasteiger partial charge in [-0.05, 0) is 17.9 Å². The van der Waals surface area contributed by atoms with Crippen LogP contribution in [0.25, 0.3) is 0 Å². The fourth-order valence-corrected chi connectivity index (χ4v) is 0.577. The first-order valence-electron chi connectivity index (χ1n) is 2.09. The zero-order chi connectivity index (χ0) is 4.99. The monoisotopic (exact) mass is 102 g/mol. The van der Waals surface area contributed by atoms with E-state index in [-0.39, 0.29) is 0 Å². The standard InChI is InChI=1S/C5H10S/c1-4-6-5(2)3/h1,5H,4H2,2-3H3. The molecular formula is C5H10S. The van der Waals surface area contributed by atoms with E-state index in [2.05, 4.69) is 13.8 Å². The Hall–Kier alpha value is 0.350. The predicted molar refractivity (Wildman–Crippen MR) is 31.9 cm³/mol. The fraction of sp³-hybridized carbons (Fsp3) is 0.800. The lowest BCUT2D eigenvalue weighted by Crippen LogP contribution is -1.84. The van der Waals surface area contributed by atoms with Crippen LogP contribution < -0.4 is 0 Å². The van der Waals surface area contributed by atoms with Crippen molar-refractivity contribution in [1.29, 1.82) is 0 Å². The summed E-state index contributed by atoms with van der Waals surface area (Å²) in [6, 6.07) is 0. The van der Waals surface area contributed by atoms with Gasteiger partial charge in [0, 0.05) is 0 Å². The van der Waals surface area contributed by atoms with Crippen molar-refractivity contribution in [2.24, 2.45) is 0 Å². The third kappa shape index (κ3) is 4.35. The van der Waals surface area contributed by atoms with Gasteiger partial charge in [-0.2, -0.15) is 11.8 Å². The molecule has 0 spiro atoms. The van der Waals surface area contributed by atoms with E-state index >= 15 is 0 Å². The molecule has 0 atom stereocenters. The lowest BCUT2D eigenvalue weighted by atomic mass is 10.6. The minimum absolute atomic E-state index is 0.690. The summed E-state index contributed by atoms with van der Waals surface area (Å²) in [5.41, 5.74) is 0. The molecule has 0 heterocycles. The van der Waals surface area contributed by atoms with E-state index in [1.807, 2.05) is 0 Å². The average molecular weight is 102 g/mol. The summed E-state index contributed by atoms with van der Waals surface area (Å²) in [5, 5.41) is 0.690. The number of thioether (sulfide) groups is 1. The molecule has 0 saturated carbocycles. The second-order valence-corrected chi connectivity index (χ2v) is 2.99. The van der Waals surface area contributed by atoms with Gasteiger partial charge >= 0.3 is 0 Å². The molecule has 0 aliphatic heterocycles. The van der Waals surface area contributed by atoms with Gasteiger partial charge in [-0.3, -0.25) is 0 Å². The average Bonchev–Trinajstić information content (AvgIpc) is 1.35. The molecule has 0 N–H and O–H groups in total. The largest absolute Gasteiger partial charge is 0.159 e. The Balaban J connectivity index is 2.63. The molecule has 0 aliphatic carbocycles. The molecule has 0 aliphatic rings. The predicted octanol–water partition coefficient (Wildman–Crippen LogP) is 1.84. The van der Waals surface area contributed by atoms with Gasteiger partial charge in [0.25, 0.3) is 0 Å². The van der Waals surface area contributed by atoms with Crippen LogP contribution in [0.1, 0.15) is 13.8 Å². The molecule has 0 aromatic heterocycles. The van der Waals surface area contributed by atoms with Gasteiger partial charge < -0.3 is 0 Å². The van der Waals surface area contributed by atoms with Crippen LogP contribution in [0.2, 0.25) is 0 Å². The van der Waals surface area contributed by atoms with Gasteiger partial charge in [-0.15, -0.1) is 0 Å². The van der Waals surface area contributed by atoms with Gasteiger partial charge in [0.15, 0.2) is 0 Å². The summed E-state index contributed by atoms with van der Waals surface area (Å²) in [6.07, 6.45) is 0. The van der Waals surface area contributed by atoms with Gasteiger partial charge in [-0.25, -0.2) is 0 Å². The Kier molecular flexibility index (Phi) is 3.74. The van der Waals surface area contributed by atoms with E-state index in [9.17, 15) is 0 Å². The maximum absolute atomic E-state index is 5.19. The molecule has 0 aromatic rings. The molecule has 0 aromatic carbocycles. The number of rotatable bonds is 2. The maximum atomic E-state index is 5.19. The van der Waals surface area contributed by atoms with Crippen LogP contribution in [-0.4, -0.2) is 11.0 Å². The maximum Gasteiger partial charge on any atom is -0.000958 e. The number of hydrogen-bond donors (Lipinski definition) is 0. The molecule has 0 rings (SSSR count). The van der Waals surface area contributed by atoms with Crippen molar-refractivity contribution < 1.29 is 0 Å². The van der Waals surface area contributed by atoms with Crippen LogP contribution in [-0.2, 0) is 0 Å². The highest BCUT2D eigenvalue weighted by Crippen LogP contribution is 2.05. The van der Waals surface area contributed by atoms with Crippen LogP contribution in [0.5, 0.6) is 0 Å². The van der Waals surface area contributed by atoms with Crippen LogP contribution in [0, 0.1) is 6.92 Å². The molecule has 0 fully saturated rings. The summed E-state index contributed by atoms with van der Waals surface area (Å²) in [4.78, 5) is 0. The van der Waals surface area contributed by atoms with Gasteiger partial charge in [0.2, 0.25) is 0 Å². The summed E-state index contributed by atoms with van der Waals surface area (Å²) < 4.78 is 0. The molecule has 1 heteroatoms. The van der Waals surface area contributed by atoms with Crippen molar-refractivity contribution in [2.75, 3.05) is 5.75 Å². The first-order chi connectivity index (χ1) is 2.77. The fourth-order valence-electron chi connectivity index (χ4n) is 0.192. The van der Waals surface area contributed by atoms with Gasteiger partial charge in [0.05, 0.1) is 0 Å². The first kappa shape index (κ1) is 6.35. The first-order valence-corrected chi connectivity index (χ1v) is 3.14. The highest BCUT2D eigenvalue weighted by molar-refractivity contribution is 7.99. The third-order valence-electron chi connectivity index (χ3n) is 0.430. The van der Waals surface area contributed by atoms with Crippen molar-refractivity contribution in [3.63, 3.8) is 0 Å². The zero-order valence-corrected chi connectivity index (χ0v) is 5.09. The van der Waals surface area contributed by atoms with Crippen molar-refractivity contribution in [3.8, 4) is 0 Å². The summed E-state index contributed by atoms with van der Waals surface area (Å²) >= 11 is 1.76. The van der Waals surface area contributed by atoms with E-state index in [4.69, 9.17) is 6.92 Å². The van der Waals surface area contributed by atoms with Gasteiger partial charge in [-0.1, -0.05) is 13.8 Å². The number of hydrogen-bond acceptors (Lipinski definition) is 1. The van der Waals surface area contributed by atoms with Crippen molar-refractivity contribution in [1.82, 2.24) is 0 Å². The van der Waals surface area contributed by atoms with E-state index in [1.165, 1.54) is 0 Å². The molecule has 0 unspecified atom stereocenters. The highest BCUT2D eigenvalue weighted by Gasteiger charge is 1.85. The Bertz CT molecular complexity index is 25.1. The quantitative estimate of drug-likeness (QED) is 0.512. The van der Waals surface area contributed by atoms with Crippen LogP contribution >= 0.6 is 11.8 Å². The van der Waals surface area contributed by atoms with Crippen LogP contribution in [0.4, 0.5) is 0 Å². The highest BCUT2D eigenvalue weighted by atomic mass is 32.2. The Morgan fingerprint density at radius 1 is 1.67 bits per heavy atom. The molecule has 36 valence electrons. The lowest BCUT2D eigenvalue weighted by molar-refractivity contribution is 1.11. The second kappa shape index (κ2) is 3.54. The molecule has 0 nitrogen and oxygen atoms in total. The van der Waals surface area contributed by atoms with Crippen LogP contribution in [0.15, 0.2) is 0 Å².